The molecule has 13 heavy (non-hydrogen) atoms. The van der Waals surface area contributed by atoms with E-state index in [1.54, 1.807) is 7.11 Å². The van der Waals surface area contributed by atoms with Crippen molar-refractivity contribution in [3.63, 3.8) is 0 Å². The molecule has 1 heterocycles. The van der Waals surface area contributed by atoms with Gasteiger partial charge in [0.25, 0.3) is 0 Å². The molecule has 3 nitrogen and oxygen atoms in total. The number of halogens is 1. The normalized spacial score (nSPS) is 10.2. The minimum Gasteiger partial charge on any atom is -0.464 e. The number of aromatic nitrogens is 1. The van der Waals surface area contributed by atoms with Gasteiger partial charge in [-0.05, 0) is 41.4 Å². The minimum absolute atomic E-state index is 0.240. The predicted molar refractivity (Wildman–Crippen MR) is 53.9 cm³/mol. The fraction of sp³-hybridized carbons (Fsp3) is 0.444. The van der Waals surface area contributed by atoms with E-state index in [9.17, 15) is 0 Å². The lowest BCUT2D eigenvalue weighted by Gasteiger charge is -2.09. The quantitative estimate of drug-likeness (QED) is 0.606. The first-order valence-electron chi connectivity index (χ1n) is 3.90. The van der Waals surface area contributed by atoms with Gasteiger partial charge in [-0.25, -0.2) is 4.98 Å². The number of hydrogen-bond acceptors (Lipinski definition) is 3. The van der Waals surface area contributed by atoms with Gasteiger partial charge >= 0.3 is 0 Å². The fourth-order valence-corrected chi connectivity index (χ4v) is 1.78. The molecule has 0 radical (unpaired) electrons. The second-order valence-corrected chi connectivity index (χ2v) is 3.50. The van der Waals surface area contributed by atoms with Gasteiger partial charge in [-0.3, -0.25) is 0 Å². The summed E-state index contributed by atoms with van der Waals surface area (Å²) in [5.74, 6) is 0.743. The highest BCUT2D eigenvalue weighted by Gasteiger charge is 2.06. The van der Waals surface area contributed by atoms with Crippen molar-refractivity contribution in [2.45, 2.75) is 13.8 Å². The maximum Gasteiger partial charge on any atom is 0.188 e. The van der Waals surface area contributed by atoms with Gasteiger partial charge in [-0.1, -0.05) is 0 Å². The van der Waals surface area contributed by atoms with Gasteiger partial charge in [0.05, 0.1) is 0 Å². The van der Waals surface area contributed by atoms with Gasteiger partial charge in [0.1, 0.15) is 4.60 Å². The lowest BCUT2D eigenvalue weighted by atomic mass is 10.2. The van der Waals surface area contributed by atoms with E-state index in [1.807, 2.05) is 19.9 Å². The monoisotopic (exact) mass is 245 g/mol. The highest BCUT2D eigenvalue weighted by atomic mass is 79.9. The van der Waals surface area contributed by atoms with Gasteiger partial charge in [-0.2, -0.15) is 0 Å². The maximum atomic E-state index is 5.34. The molecule has 0 spiro atoms. The van der Waals surface area contributed by atoms with E-state index in [2.05, 4.69) is 20.9 Å². The molecule has 0 atom stereocenters. The van der Waals surface area contributed by atoms with Gasteiger partial charge in [0.2, 0.25) is 0 Å². The molecule has 1 aromatic heterocycles. The summed E-state index contributed by atoms with van der Waals surface area (Å²) in [6, 6.07) is 1.97. The van der Waals surface area contributed by atoms with E-state index in [1.165, 1.54) is 0 Å². The van der Waals surface area contributed by atoms with Crippen LogP contribution in [0.2, 0.25) is 0 Å². The standard InChI is InChI=1S/C9H12BrNO2/c1-6-4-7(2)11-9(10)8(6)13-5-12-3/h4H,5H2,1-3H3. The van der Waals surface area contributed by atoms with Crippen molar-refractivity contribution in [3.8, 4) is 5.75 Å². The van der Waals surface area contributed by atoms with Crippen LogP contribution in [-0.2, 0) is 4.74 Å². The molecule has 0 fully saturated rings. The Labute approximate surface area is 86.2 Å². The van der Waals surface area contributed by atoms with Crippen molar-refractivity contribution in [2.75, 3.05) is 13.9 Å². The van der Waals surface area contributed by atoms with Crippen molar-refractivity contribution in [2.24, 2.45) is 0 Å². The number of aryl methyl sites for hydroxylation is 2. The molecule has 0 N–H and O–H groups in total. The zero-order valence-electron chi connectivity index (χ0n) is 7.93. The van der Waals surface area contributed by atoms with Crippen molar-refractivity contribution in [1.82, 2.24) is 4.98 Å². The molecule has 0 unspecified atom stereocenters. The molecule has 0 amide bonds. The summed E-state index contributed by atoms with van der Waals surface area (Å²) in [7, 11) is 1.59. The molecule has 0 aromatic carbocycles. The molecule has 1 aromatic rings. The van der Waals surface area contributed by atoms with E-state index in [0.717, 1.165) is 21.6 Å². The zero-order chi connectivity index (χ0) is 9.84. The van der Waals surface area contributed by atoms with Crippen LogP contribution in [0.15, 0.2) is 10.7 Å². The second-order valence-electron chi connectivity index (χ2n) is 2.75. The summed E-state index contributed by atoms with van der Waals surface area (Å²) in [5, 5.41) is 0. The Hall–Kier alpha value is -0.610. The number of pyridine rings is 1. The third-order valence-electron chi connectivity index (χ3n) is 1.57. The first kappa shape index (κ1) is 10.5. The SMILES string of the molecule is COCOc1c(C)cc(C)nc1Br. The Morgan fingerprint density at radius 3 is 2.69 bits per heavy atom. The minimum atomic E-state index is 0.240. The summed E-state index contributed by atoms with van der Waals surface area (Å²) in [4.78, 5) is 4.22. The number of rotatable bonds is 3. The molecule has 0 saturated carbocycles. The Balaban J connectivity index is 2.92. The highest BCUT2D eigenvalue weighted by molar-refractivity contribution is 9.10. The summed E-state index contributed by atoms with van der Waals surface area (Å²) < 4.78 is 10.9. The van der Waals surface area contributed by atoms with Crippen molar-refractivity contribution in [1.29, 1.82) is 0 Å². The topological polar surface area (TPSA) is 31.4 Å². The van der Waals surface area contributed by atoms with Gasteiger partial charge < -0.3 is 9.47 Å². The molecule has 0 aliphatic rings. The largest absolute Gasteiger partial charge is 0.464 e. The first-order valence-corrected chi connectivity index (χ1v) is 4.70. The van der Waals surface area contributed by atoms with Crippen molar-refractivity contribution < 1.29 is 9.47 Å². The molecule has 72 valence electrons. The highest BCUT2D eigenvalue weighted by Crippen LogP contribution is 2.27. The molecule has 0 bridgehead atoms. The summed E-state index contributed by atoms with van der Waals surface area (Å²) >= 11 is 3.34. The predicted octanol–water partition coefficient (Wildman–Crippen LogP) is 2.44. The first-order chi connectivity index (χ1) is 6.15. The smallest absolute Gasteiger partial charge is 0.188 e. The third kappa shape index (κ3) is 2.67. The number of methoxy groups -OCH3 is 1. The van der Waals surface area contributed by atoms with E-state index >= 15 is 0 Å². The second kappa shape index (κ2) is 4.58. The average Bonchev–Trinajstić information content (AvgIpc) is 2.02. The molecule has 0 aliphatic carbocycles. The number of ether oxygens (including phenoxy) is 2. The number of nitrogens with zero attached hydrogens (tertiary/aromatic N) is 1. The van der Waals surface area contributed by atoms with E-state index in [0.29, 0.717) is 0 Å². The van der Waals surface area contributed by atoms with Crippen LogP contribution >= 0.6 is 15.9 Å². The van der Waals surface area contributed by atoms with Crippen LogP contribution < -0.4 is 4.74 Å². The van der Waals surface area contributed by atoms with Crippen LogP contribution in [0.4, 0.5) is 0 Å². The van der Waals surface area contributed by atoms with Gasteiger partial charge in [0.15, 0.2) is 12.5 Å². The summed E-state index contributed by atoms with van der Waals surface area (Å²) in [5.41, 5.74) is 2.02. The van der Waals surface area contributed by atoms with Crippen molar-refractivity contribution >= 4 is 15.9 Å². The van der Waals surface area contributed by atoms with Crippen LogP contribution in [0.25, 0.3) is 0 Å². The van der Waals surface area contributed by atoms with Crippen LogP contribution in [0, 0.1) is 13.8 Å². The molecular weight excluding hydrogens is 234 g/mol. The van der Waals surface area contributed by atoms with Crippen LogP contribution in [0.1, 0.15) is 11.3 Å². The van der Waals surface area contributed by atoms with Crippen LogP contribution in [0.3, 0.4) is 0 Å². The lowest BCUT2D eigenvalue weighted by Crippen LogP contribution is -2.02. The van der Waals surface area contributed by atoms with Gasteiger partial charge in [-0.15, -0.1) is 0 Å². The lowest BCUT2D eigenvalue weighted by molar-refractivity contribution is 0.0497. The Bertz CT molecular complexity index is 279. The van der Waals surface area contributed by atoms with Crippen LogP contribution in [-0.4, -0.2) is 18.9 Å². The maximum absolute atomic E-state index is 5.34. The van der Waals surface area contributed by atoms with Crippen LogP contribution in [0.5, 0.6) is 5.75 Å². The number of hydrogen-bond donors (Lipinski definition) is 0. The molecule has 0 aliphatic heterocycles. The summed E-state index contributed by atoms with van der Waals surface area (Å²) in [6.45, 7) is 4.16. The summed E-state index contributed by atoms with van der Waals surface area (Å²) in [6.07, 6.45) is 0. The van der Waals surface area contributed by atoms with Crippen molar-refractivity contribution in [3.05, 3.63) is 21.9 Å². The molecule has 4 heteroatoms. The van der Waals surface area contributed by atoms with E-state index < -0.39 is 0 Å². The van der Waals surface area contributed by atoms with E-state index in [4.69, 9.17) is 9.47 Å². The molecule has 1 rings (SSSR count). The Morgan fingerprint density at radius 2 is 2.15 bits per heavy atom. The molecule has 0 saturated heterocycles. The fourth-order valence-electron chi connectivity index (χ4n) is 1.07. The Morgan fingerprint density at radius 1 is 1.46 bits per heavy atom. The zero-order valence-corrected chi connectivity index (χ0v) is 9.51. The Kier molecular flexibility index (Phi) is 3.69. The van der Waals surface area contributed by atoms with E-state index in [-0.39, 0.29) is 6.79 Å². The third-order valence-corrected chi connectivity index (χ3v) is 2.10. The average molecular weight is 246 g/mol. The molecular formula is C9H12BrNO2. The van der Waals surface area contributed by atoms with Gasteiger partial charge in [0, 0.05) is 12.8 Å².